The summed E-state index contributed by atoms with van der Waals surface area (Å²) in [6.07, 6.45) is 2.09. The van der Waals surface area contributed by atoms with Gasteiger partial charge in [0.15, 0.2) is 0 Å². The van der Waals surface area contributed by atoms with Crippen molar-refractivity contribution in [3.63, 3.8) is 0 Å². The highest BCUT2D eigenvalue weighted by Gasteiger charge is 2.07. The van der Waals surface area contributed by atoms with Gasteiger partial charge in [0.2, 0.25) is 0 Å². The minimum atomic E-state index is 0.673. The van der Waals surface area contributed by atoms with Crippen molar-refractivity contribution in [1.29, 1.82) is 0 Å². The molecule has 0 unspecified atom stereocenters. The normalized spacial score (nSPS) is 11.0. The summed E-state index contributed by atoms with van der Waals surface area (Å²) in [5, 5.41) is 1.14. The number of rotatable bonds is 4. The Labute approximate surface area is 132 Å². The van der Waals surface area contributed by atoms with Crippen LogP contribution in [0.25, 0.3) is 10.9 Å². The number of fused-ring (bicyclic) bond motifs is 1. The molecule has 1 heterocycles. The van der Waals surface area contributed by atoms with Gasteiger partial charge in [-0.25, -0.2) is 0 Å². The fourth-order valence-electron chi connectivity index (χ4n) is 2.58. The van der Waals surface area contributed by atoms with Gasteiger partial charge < -0.3 is 15.0 Å². The highest BCUT2D eigenvalue weighted by Crippen LogP contribution is 2.27. The maximum Gasteiger partial charge on any atom is 0.128 e. The minimum absolute atomic E-state index is 0.673. The van der Waals surface area contributed by atoms with Crippen LogP contribution in [0.3, 0.4) is 0 Å². The molecule has 0 aliphatic rings. The number of halogens is 1. The van der Waals surface area contributed by atoms with E-state index >= 15 is 0 Å². The zero-order valence-electron chi connectivity index (χ0n) is 11.8. The van der Waals surface area contributed by atoms with Crippen LogP contribution in [0.1, 0.15) is 12.5 Å². The third-order valence-corrected chi connectivity index (χ3v) is 3.86. The Bertz CT molecular complexity index is 759. The van der Waals surface area contributed by atoms with Crippen molar-refractivity contribution in [2.75, 3.05) is 12.3 Å². The molecule has 2 aromatic carbocycles. The molecule has 0 amide bonds. The fraction of sp³-hybridized carbons (Fsp3) is 0.176. The first-order valence-electron chi connectivity index (χ1n) is 6.93. The van der Waals surface area contributed by atoms with Crippen LogP contribution in [-0.4, -0.2) is 11.2 Å². The van der Waals surface area contributed by atoms with Crippen LogP contribution in [0, 0.1) is 0 Å². The predicted octanol–water partition coefficient (Wildman–Crippen LogP) is 4.43. The third-order valence-electron chi connectivity index (χ3n) is 3.41. The van der Waals surface area contributed by atoms with Crippen LogP contribution in [0.4, 0.5) is 5.69 Å². The van der Waals surface area contributed by atoms with Gasteiger partial charge in [-0.3, -0.25) is 0 Å². The quantitative estimate of drug-likeness (QED) is 0.711. The topological polar surface area (TPSA) is 40.2 Å². The second kappa shape index (κ2) is 5.82. The van der Waals surface area contributed by atoms with E-state index in [0.717, 1.165) is 27.8 Å². The second-order valence-electron chi connectivity index (χ2n) is 4.96. The summed E-state index contributed by atoms with van der Waals surface area (Å²) >= 11 is 3.49. The Morgan fingerprint density at radius 3 is 2.81 bits per heavy atom. The van der Waals surface area contributed by atoms with Crippen molar-refractivity contribution in [1.82, 2.24) is 4.57 Å². The monoisotopic (exact) mass is 344 g/mol. The molecule has 0 spiro atoms. The predicted molar refractivity (Wildman–Crippen MR) is 90.8 cm³/mol. The molecule has 3 nitrogen and oxygen atoms in total. The Kier molecular flexibility index (Phi) is 3.88. The van der Waals surface area contributed by atoms with Gasteiger partial charge in [-0.2, -0.15) is 0 Å². The van der Waals surface area contributed by atoms with Gasteiger partial charge in [-0.1, -0.05) is 22.0 Å². The van der Waals surface area contributed by atoms with Gasteiger partial charge in [0.1, 0.15) is 5.75 Å². The van der Waals surface area contributed by atoms with E-state index in [2.05, 4.69) is 44.9 Å². The van der Waals surface area contributed by atoms with E-state index in [1.165, 1.54) is 11.1 Å². The molecule has 0 saturated heterocycles. The zero-order chi connectivity index (χ0) is 14.8. The van der Waals surface area contributed by atoms with Gasteiger partial charge in [0, 0.05) is 28.3 Å². The van der Waals surface area contributed by atoms with Crippen LogP contribution in [0.15, 0.2) is 53.1 Å². The average Bonchev–Trinajstić information content (AvgIpc) is 2.82. The molecule has 0 bridgehead atoms. The first kappa shape index (κ1) is 14.0. The maximum absolute atomic E-state index is 5.91. The third kappa shape index (κ3) is 2.90. The average molecular weight is 345 g/mol. The standard InChI is InChI=1S/C17H17BrN2O/c1-2-21-17-5-3-4-16-15(17)6-7-20(16)11-12-8-13(18)10-14(19)9-12/h3-10H,2,11,19H2,1H3. The molecule has 4 heteroatoms. The molecular formula is C17H17BrN2O. The first-order valence-corrected chi connectivity index (χ1v) is 7.72. The molecule has 0 saturated carbocycles. The number of nitrogen functional groups attached to an aromatic ring is 1. The summed E-state index contributed by atoms with van der Waals surface area (Å²) < 4.78 is 8.89. The molecule has 0 aliphatic carbocycles. The Balaban J connectivity index is 1.99. The lowest BCUT2D eigenvalue weighted by atomic mass is 10.2. The highest BCUT2D eigenvalue weighted by molar-refractivity contribution is 9.10. The van der Waals surface area contributed by atoms with Crippen molar-refractivity contribution < 1.29 is 4.74 Å². The van der Waals surface area contributed by atoms with Crippen LogP contribution in [0.5, 0.6) is 5.75 Å². The molecule has 0 aliphatic heterocycles. The summed E-state index contributed by atoms with van der Waals surface area (Å²) in [4.78, 5) is 0. The SMILES string of the molecule is CCOc1cccc2c1ccn2Cc1cc(N)cc(Br)c1. The van der Waals surface area contributed by atoms with E-state index in [0.29, 0.717) is 6.61 Å². The van der Waals surface area contributed by atoms with E-state index in [9.17, 15) is 0 Å². The number of anilines is 1. The fourth-order valence-corrected chi connectivity index (χ4v) is 3.14. The summed E-state index contributed by atoms with van der Waals surface area (Å²) in [6, 6.07) is 14.2. The maximum atomic E-state index is 5.91. The lowest BCUT2D eigenvalue weighted by Crippen LogP contribution is -1.99. The van der Waals surface area contributed by atoms with E-state index in [1.54, 1.807) is 0 Å². The molecule has 3 aromatic rings. The minimum Gasteiger partial charge on any atom is -0.493 e. The summed E-state index contributed by atoms with van der Waals surface area (Å²) in [5.74, 6) is 0.933. The molecular weight excluding hydrogens is 328 g/mol. The molecule has 3 rings (SSSR count). The number of nitrogens with zero attached hydrogens (tertiary/aromatic N) is 1. The molecule has 0 atom stereocenters. The van der Waals surface area contributed by atoms with E-state index < -0.39 is 0 Å². The largest absolute Gasteiger partial charge is 0.493 e. The van der Waals surface area contributed by atoms with Crippen molar-refractivity contribution in [3.05, 3.63) is 58.7 Å². The van der Waals surface area contributed by atoms with E-state index in [4.69, 9.17) is 10.5 Å². The zero-order valence-corrected chi connectivity index (χ0v) is 13.4. The van der Waals surface area contributed by atoms with Crippen LogP contribution in [-0.2, 0) is 6.54 Å². The van der Waals surface area contributed by atoms with Crippen LogP contribution in [0.2, 0.25) is 0 Å². The number of aromatic nitrogens is 1. The van der Waals surface area contributed by atoms with Gasteiger partial charge in [0.05, 0.1) is 12.1 Å². The number of hydrogen-bond acceptors (Lipinski definition) is 2. The lowest BCUT2D eigenvalue weighted by molar-refractivity contribution is 0.344. The first-order chi connectivity index (χ1) is 10.2. The molecule has 1 aromatic heterocycles. The number of ether oxygens (including phenoxy) is 1. The van der Waals surface area contributed by atoms with Gasteiger partial charge in [0.25, 0.3) is 0 Å². The molecule has 21 heavy (non-hydrogen) atoms. The van der Waals surface area contributed by atoms with Crippen molar-refractivity contribution >= 4 is 32.5 Å². The van der Waals surface area contributed by atoms with Gasteiger partial charge in [-0.15, -0.1) is 0 Å². The number of hydrogen-bond donors (Lipinski definition) is 1. The Hall–Kier alpha value is -1.94. The summed E-state index contributed by atoms with van der Waals surface area (Å²) in [5.41, 5.74) is 9.01. The highest BCUT2D eigenvalue weighted by atomic mass is 79.9. The number of nitrogens with two attached hydrogens (primary N) is 1. The Morgan fingerprint density at radius 1 is 1.19 bits per heavy atom. The summed E-state index contributed by atoms with van der Waals surface area (Å²) in [7, 11) is 0. The van der Waals surface area contributed by atoms with Crippen LogP contribution < -0.4 is 10.5 Å². The molecule has 0 fully saturated rings. The van der Waals surface area contributed by atoms with Crippen molar-refractivity contribution in [2.24, 2.45) is 0 Å². The Morgan fingerprint density at radius 2 is 2.05 bits per heavy atom. The van der Waals surface area contributed by atoms with Crippen molar-refractivity contribution in [2.45, 2.75) is 13.5 Å². The molecule has 2 N–H and O–H groups in total. The van der Waals surface area contributed by atoms with Gasteiger partial charge >= 0.3 is 0 Å². The molecule has 108 valence electrons. The van der Waals surface area contributed by atoms with Gasteiger partial charge in [-0.05, 0) is 48.9 Å². The summed E-state index contributed by atoms with van der Waals surface area (Å²) in [6.45, 7) is 3.45. The molecule has 0 radical (unpaired) electrons. The van der Waals surface area contributed by atoms with E-state index in [1.807, 2.05) is 31.2 Å². The number of benzene rings is 2. The smallest absolute Gasteiger partial charge is 0.128 e. The van der Waals surface area contributed by atoms with Crippen molar-refractivity contribution in [3.8, 4) is 5.75 Å². The lowest BCUT2D eigenvalue weighted by Gasteiger charge is -2.09. The van der Waals surface area contributed by atoms with Crippen LogP contribution >= 0.6 is 15.9 Å². The second-order valence-corrected chi connectivity index (χ2v) is 5.87. The van der Waals surface area contributed by atoms with E-state index in [-0.39, 0.29) is 0 Å².